The molecule has 3 nitrogen and oxygen atoms in total. The smallest absolute Gasteiger partial charge is 0.406 e. The lowest BCUT2D eigenvalue weighted by molar-refractivity contribution is -0.274. The second-order valence-electron chi connectivity index (χ2n) is 4.26. The fourth-order valence-electron chi connectivity index (χ4n) is 1.82. The van der Waals surface area contributed by atoms with Crippen molar-refractivity contribution in [1.82, 2.24) is 4.98 Å². The first-order valence-electron chi connectivity index (χ1n) is 5.81. The Hall–Kier alpha value is -2.08. The Bertz CT molecular complexity index is 599. The molecule has 0 radical (unpaired) electrons. The van der Waals surface area contributed by atoms with Gasteiger partial charge in [-0.25, -0.2) is 0 Å². The minimum Gasteiger partial charge on any atom is -0.406 e. The normalized spacial score (nSPS) is 13.1. The highest BCUT2D eigenvalue weighted by atomic mass is 19.4. The number of benzene rings is 1. The van der Waals surface area contributed by atoms with Crippen molar-refractivity contribution >= 4 is 0 Å². The lowest BCUT2D eigenvalue weighted by atomic mass is 9.99. The van der Waals surface area contributed by atoms with E-state index in [0.717, 1.165) is 11.6 Å². The average Bonchev–Trinajstić information content (AvgIpc) is 2.37. The van der Waals surface area contributed by atoms with E-state index in [0.29, 0.717) is 11.1 Å². The predicted octanol–water partition coefficient (Wildman–Crippen LogP) is 3.37. The summed E-state index contributed by atoms with van der Waals surface area (Å²) >= 11 is 0. The molecule has 106 valence electrons. The van der Waals surface area contributed by atoms with Gasteiger partial charge in [0.1, 0.15) is 11.9 Å². The molecule has 2 aromatic rings. The topological polar surface area (TPSA) is 42.4 Å². The van der Waals surface area contributed by atoms with Gasteiger partial charge in [-0.1, -0.05) is 12.1 Å². The van der Waals surface area contributed by atoms with Crippen LogP contribution in [-0.4, -0.2) is 16.5 Å². The number of rotatable bonds is 3. The summed E-state index contributed by atoms with van der Waals surface area (Å²) in [6, 6.07) is 6.98. The molecule has 0 saturated heterocycles. The van der Waals surface area contributed by atoms with Crippen LogP contribution in [0.25, 0.3) is 0 Å². The first-order chi connectivity index (χ1) is 9.37. The van der Waals surface area contributed by atoms with Crippen molar-refractivity contribution in [3.05, 3.63) is 59.4 Å². The van der Waals surface area contributed by atoms with E-state index >= 15 is 0 Å². The van der Waals surface area contributed by atoms with Gasteiger partial charge in [0.25, 0.3) is 0 Å². The van der Waals surface area contributed by atoms with Gasteiger partial charge in [-0.2, -0.15) is 0 Å². The molecule has 20 heavy (non-hydrogen) atoms. The number of hydrogen-bond acceptors (Lipinski definition) is 3. The van der Waals surface area contributed by atoms with Crippen LogP contribution in [0.5, 0.6) is 5.75 Å². The van der Waals surface area contributed by atoms with Crippen molar-refractivity contribution < 1.29 is 23.0 Å². The van der Waals surface area contributed by atoms with Crippen molar-refractivity contribution in [2.45, 2.75) is 19.4 Å². The van der Waals surface area contributed by atoms with Crippen LogP contribution in [0.3, 0.4) is 0 Å². The molecule has 0 bridgehead atoms. The van der Waals surface area contributed by atoms with Crippen LogP contribution < -0.4 is 4.74 Å². The molecule has 0 aliphatic heterocycles. The third-order valence-electron chi connectivity index (χ3n) is 2.78. The van der Waals surface area contributed by atoms with Gasteiger partial charge in [-0.3, -0.25) is 4.98 Å². The highest BCUT2D eigenvalue weighted by Crippen LogP contribution is 2.29. The van der Waals surface area contributed by atoms with E-state index in [2.05, 4.69) is 9.72 Å². The minimum absolute atomic E-state index is 0.308. The molecule has 0 saturated carbocycles. The molecule has 0 spiro atoms. The number of aliphatic hydroxyl groups is 1. The fourth-order valence-corrected chi connectivity index (χ4v) is 1.82. The van der Waals surface area contributed by atoms with Crippen LogP contribution in [0.2, 0.25) is 0 Å². The first-order valence-corrected chi connectivity index (χ1v) is 5.81. The van der Waals surface area contributed by atoms with Gasteiger partial charge in [0.2, 0.25) is 0 Å². The van der Waals surface area contributed by atoms with Crippen molar-refractivity contribution in [1.29, 1.82) is 0 Å². The van der Waals surface area contributed by atoms with Gasteiger partial charge in [0.05, 0.1) is 0 Å². The third-order valence-corrected chi connectivity index (χ3v) is 2.78. The Morgan fingerprint density at radius 3 is 2.65 bits per heavy atom. The number of halogens is 3. The summed E-state index contributed by atoms with van der Waals surface area (Å²) in [7, 11) is 0. The molecule has 1 heterocycles. The maximum atomic E-state index is 12.2. The van der Waals surface area contributed by atoms with E-state index in [1.54, 1.807) is 19.2 Å². The first kappa shape index (κ1) is 14.3. The van der Waals surface area contributed by atoms with Crippen LogP contribution in [0.4, 0.5) is 13.2 Å². The number of aryl methyl sites for hydroxylation is 1. The minimum atomic E-state index is -4.76. The van der Waals surface area contributed by atoms with Crippen LogP contribution in [0, 0.1) is 6.92 Å². The fraction of sp³-hybridized carbons (Fsp3) is 0.214. The van der Waals surface area contributed by atoms with Gasteiger partial charge in [0, 0.05) is 18.0 Å². The highest BCUT2D eigenvalue weighted by Gasteiger charge is 2.31. The Kier molecular flexibility index (Phi) is 3.94. The maximum Gasteiger partial charge on any atom is 0.573 e. The van der Waals surface area contributed by atoms with E-state index in [9.17, 15) is 18.3 Å². The molecule has 1 atom stereocenters. The highest BCUT2D eigenvalue weighted by molar-refractivity contribution is 5.37. The number of pyridine rings is 1. The molecular formula is C14H12F3NO2. The summed E-state index contributed by atoms with van der Waals surface area (Å²) in [5, 5.41) is 10.2. The molecular weight excluding hydrogens is 271 g/mol. The summed E-state index contributed by atoms with van der Waals surface area (Å²) in [6.45, 7) is 1.79. The summed E-state index contributed by atoms with van der Waals surface area (Å²) in [6.07, 6.45) is -2.75. The number of aromatic nitrogens is 1. The molecule has 1 unspecified atom stereocenters. The Balaban J connectivity index is 2.29. The number of nitrogens with zero attached hydrogens (tertiary/aromatic N) is 1. The van der Waals surface area contributed by atoms with Gasteiger partial charge in [-0.05, 0) is 36.2 Å². The molecule has 0 amide bonds. The van der Waals surface area contributed by atoms with E-state index in [1.807, 2.05) is 0 Å². The molecule has 1 aromatic carbocycles. The molecule has 2 rings (SSSR count). The Morgan fingerprint density at radius 2 is 2.00 bits per heavy atom. The summed E-state index contributed by atoms with van der Waals surface area (Å²) in [4.78, 5) is 3.90. The van der Waals surface area contributed by atoms with E-state index < -0.39 is 12.5 Å². The van der Waals surface area contributed by atoms with Crippen LogP contribution in [0.15, 0.2) is 42.7 Å². The zero-order valence-electron chi connectivity index (χ0n) is 10.6. The van der Waals surface area contributed by atoms with Crippen LogP contribution in [-0.2, 0) is 0 Å². The molecule has 0 aliphatic carbocycles. The van der Waals surface area contributed by atoms with Gasteiger partial charge in [0.15, 0.2) is 0 Å². The van der Waals surface area contributed by atoms with Crippen molar-refractivity contribution in [2.24, 2.45) is 0 Å². The monoisotopic (exact) mass is 283 g/mol. The SMILES string of the molecule is Cc1ccncc1C(O)c1cccc(OC(F)(F)F)c1. The third kappa shape index (κ3) is 3.48. The summed E-state index contributed by atoms with van der Waals surface area (Å²) in [5.41, 5.74) is 1.65. The maximum absolute atomic E-state index is 12.2. The molecule has 1 aromatic heterocycles. The number of aliphatic hydroxyl groups excluding tert-OH is 1. The molecule has 6 heteroatoms. The summed E-state index contributed by atoms with van der Waals surface area (Å²) in [5.74, 6) is -0.365. The number of ether oxygens (including phenoxy) is 1. The van der Waals surface area contributed by atoms with Crippen molar-refractivity contribution in [3.8, 4) is 5.75 Å². The predicted molar refractivity (Wildman–Crippen MR) is 66.2 cm³/mol. The van der Waals surface area contributed by atoms with E-state index in [-0.39, 0.29) is 5.75 Å². The average molecular weight is 283 g/mol. The number of alkyl halides is 3. The second-order valence-corrected chi connectivity index (χ2v) is 4.26. The molecule has 0 fully saturated rings. The number of hydrogen-bond donors (Lipinski definition) is 1. The lowest BCUT2D eigenvalue weighted by Gasteiger charge is -2.15. The van der Waals surface area contributed by atoms with Crippen molar-refractivity contribution in [2.75, 3.05) is 0 Å². The van der Waals surface area contributed by atoms with E-state index in [4.69, 9.17) is 0 Å². The second kappa shape index (κ2) is 5.50. The van der Waals surface area contributed by atoms with Gasteiger partial charge < -0.3 is 9.84 Å². The lowest BCUT2D eigenvalue weighted by Crippen LogP contribution is -2.17. The zero-order valence-corrected chi connectivity index (χ0v) is 10.6. The molecule has 1 N–H and O–H groups in total. The standard InChI is InChI=1S/C14H12F3NO2/c1-9-5-6-18-8-12(9)13(19)10-3-2-4-11(7-10)20-14(15,16)17/h2-8,13,19H,1H3. The molecule has 0 aliphatic rings. The van der Waals surface area contributed by atoms with Gasteiger partial charge in [-0.15, -0.1) is 13.2 Å². The summed E-state index contributed by atoms with van der Waals surface area (Å²) < 4.78 is 40.3. The van der Waals surface area contributed by atoms with Gasteiger partial charge >= 0.3 is 6.36 Å². The van der Waals surface area contributed by atoms with Crippen molar-refractivity contribution in [3.63, 3.8) is 0 Å². The Morgan fingerprint density at radius 1 is 1.25 bits per heavy atom. The quantitative estimate of drug-likeness (QED) is 0.939. The van der Waals surface area contributed by atoms with E-state index in [1.165, 1.54) is 24.4 Å². The zero-order chi connectivity index (χ0) is 14.8. The Labute approximate surface area is 113 Å². The van der Waals surface area contributed by atoms with Crippen LogP contribution >= 0.6 is 0 Å². The van der Waals surface area contributed by atoms with Crippen LogP contribution in [0.1, 0.15) is 22.8 Å². The largest absolute Gasteiger partial charge is 0.573 e.